The molecule has 0 amide bonds. The maximum Gasteiger partial charge on any atom is 0.421 e. The van der Waals surface area contributed by atoms with Gasteiger partial charge in [0.15, 0.2) is 5.82 Å². The van der Waals surface area contributed by atoms with Crippen LogP contribution in [-0.2, 0) is 6.18 Å². The highest BCUT2D eigenvalue weighted by atomic mass is 19.4. The van der Waals surface area contributed by atoms with Gasteiger partial charge in [0.1, 0.15) is 11.3 Å². The smallest absolute Gasteiger partial charge is 0.421 e. The van der Waals surface area contributed by atoms with Crippen LogP contribution in [0.3, 0.4) is 0 Å². The average Bonchev–Trinajstić information content (AvgIpc) is 2.68. The highest BCUT2D eigenvalue weighted by molar-refractivity contribution is 5.65. The summed E-state index contributed by atoms with van der Waals surface area (Å²) in [7, 11) is 3.04. The third-order valence-corrected chi connectivity index (χ3v) is 4.16. The Morgan fingerprint density at radius 3 is 2.21 bits per heavy atom. The van der Waals surface area contributed by atoms with Gasteiger partial charge < -0.3 is 15.0 Å². The zero-order chi connectivity index (χ0) is 20.3. The number of halogens is 3. The lowest BCUT2D eigenvalue weighted by Gasteiger charge is -2.23. The standard InChI is InChI=1S/C20H19F3N4O/c1-13-4-6-14(7-5-13)25-19-24-12-17(20(21,22)23)18(26-19)27(2)15-8-10-16(28-3)11-9-15/h4-12H,1-3H3,(H,24,25,26). The fraction of sp³-hybridized carbons (Fsp3) is 0.200. The molecule has 1 aromatic heterocycles. The quantitative estimate of drug-likeness (QED) is 0.641. The molecule has 0 fully saturated rings. The van der Waals surface area contributed by atoms with Crippen LogP contribution in [0.4, 0.5) is 36.3 Å². The Kier molecular flexibility index (Phi) is 5.39. The van der Waals surface area contributed by atoms with E-state index in [-0.39, 0.29) is 11.8 Å². The summed E-state index contributed by atoms with van der Waals surface area (Å²) in [6, 6.07) is 14.1. The molecule has 28 heavy (non-hydrogen) atoms. The number of nitrogens with zero attached hydrogens (tertiary/aromatic N) is 3. The van der Waals surface area contributed by atoms with Gasteiger partial charge in [-0.25, -0.2) is 4.98 Å². The van der Waals surface area contributed by atoms with Gasteiger partial charge in [0.2, 0.25) is 5.95 Å². The lowest BCUT2D eigenvalue weighted by Crippen LogP contribution is -2.19. The van der Waals surface area contributed by atoms with E-state index < -0.39 is 11.7 Å². The maximum absolute atomic E-state index is 13.5. The second-order valence-electron chi connectivity index (χ2n) is 6.18. The minimum absolute atomic E-state index is 0.0761. The minimum Gasteiger partial charge on any atom is -0.497 e. The number of benzene rings is 2. The summed E-state index contributed by atoms with van der Waals surface area (Å²) < 4.78 is 45.6. The van der Waals surface area contributed by atoms with Gasteiger partial charge in [0, 0.05) is 24.6 Å². The Labute approximate surface area is 160 Å². The van der Waals surface area contributed by atoms with Crippen molar-refractivity contribution in [2.75, 3.05) is 24.4 Å². The molecular weight excluding hydrogens is 369 g/mol. The van der Waals surface area contributed by atoms with Gasteiger partial charge >= 0.3 is 6.18 Å². The van der Waals surface area contributed by atoms with Crippen LogP contribution in [-0.4, -0.2) is 24.1 Å². The Bertz CT molecular complexity index is 941. The van der Waals surface area contributed by atoms with Gasteiger partial charge in [0.05, 0.1) is 7.11 Å². The first-order valence-corrected chi connectivity index (χ1v) is 8.43. The molecule has 0 aliphatic heterocycles. The molecular formula is C20H19F3N4O. The van der Waals surface area contributed by atoms with E-state index in [9.17, 15) is 13.2 Å². The summed E-state index contributed by atoms with van der Waals surface area (Å²) in [6.07, 6.45) is -3.79. The summed E-state index contributed by atoms with van der Waals surface area (Å²) in [5, 5.41) is 2.94. The summed E-state index contributed by atoms with van der Waals surface area (Å²) in [6.45, 7) is 1.94. The number of methoxy groups -OCH3 is 1. The molecule has 1 N–H and O–H groups in total. The van der Waals surface area contributed by atoms with Gasteiger partial charge in [-0.05, 0) is 43.3 Å². The van der Waals surface area contributed by atoms with Crippen molar-refractivity contribution in [3.63, 3.8) is 0 Å². The number of anilines is 4. The molecule has 1 heterocycles. The van der Waals surface area contributed by atoms with Gasteiger partial charge in [-0.3, -0.25) is 0 Å². The first-order chi connectivity index (χ1) is 13.3. The van der Waals surface area contributed by atoms with E-state index >= 15 is 0 Å². The molecule has 3 aromatic rings. The number of nitrogens with one attached hydrogen (secondary N) is 1. The van der Waals surface area contributed by atoms with Gasteiger partial charge in [-0.1, -0.05) is 17.7 Å². The molecule has 0 bridgehead atoms. The molecule has 5 nitrogen and oxygen atoms in total. The monoisotopic (exact) mass is 388 g/mol. The minimum atomic E-state index is -4.58. The predicted molar refractivity (Wildman–Crippen MR) is 103 cm³/mol. The number of hydrogen-bond donors (Lipinski definition) is 1. The lowest BCUT2D eigenvalue weighted by molar-refractivity contribution is -0.137. The van der Waals surface area contributed by atoms with Crippen molar-refractivity contribution in [1.29, 1.82) is 0 Å². The molecule has 0 spiro atoms. The topological polar surface area (TPSA) is 50.3 Å². The number of aromatic nitrogens is 2. The molecule has 0 saturated carbocycles. The van der Waals surface area contributed by atoms with Crippen LogP contribution < -0.4 is 15.0 Å². The van der Waals surface area contributed by atoms with E-state index in [1.54, 1.807) is 24.3 Å². The summed E-state index contributed by atoms with van der Waals surface area (Å²) >= 11 is 0. The highest BCUT2D eigenvalue weighted by Crippen LogP contribution is 2.38. The molecule has 2 aromatic carbocycles. The van der Waals surface area contributed by atoms with Crippen LogP contribution in [0.25, 0.3) is 0 Å². The van der Waals surface area contributed by atoms with Crippen LogP contribution >= 0.6 is 0 Å². The zero-order valence-corrected chi connectivity index (χ0v) is 15.6. The van der Waals surface area contributed by atoms with Crippen LogP contribution in [0.15, 0.2) is 54.7 Å². The van der Waals surface area contributed by atoms with Crippen molar-refractivity contribution >= 4 is 23.1 Å². The largest absolute Gasteiger partial charge is 0.497 e. The molecule has 0 unspecified atom stereocenters. The van der Waals surface area contributed by atoms with Crippen LogP contribution in [0.1, 0.15) is 11.1 Å². The molecule has 0 radical (unpaired) electrons. The second-order valence-corrected chi connectivity index (χ2v) is 6.18. The zero-order valence-electron chi connectivity index (χ0n) is 15.6. The molecule has 8 heteroatoms. The fourth-order valence-corrected chi connectivity index (χ4v) is 2.58. The van der Waals surface area contributed by atoms with E-state index in [2.05, 4.69) is 15.3 Å². The van der Waals surface area contributed by atoms with Crippen LogP contribution in [0, 0.1) is 6.92 Å². The van der Waals surface area contributed by atoms with E-state index in [0.29, 0.717) is 17.1 Å². The molecule has 0 aliphatic rings. The Balaban J connectivity index is 1.98. The SMILES string of the molecule is COc1ccc(N(C)c2nc(Nc3ccc(C)cc3)ncc2C(F)(F)F)cc1. The van der Waals surface area contributed by atoms with E-state index in [0.717, 1.165) is 11.8 Å². The first-order valence-electron chi connectivity index (χ1n) is 8.43. The van der Waals surface area contributed by atoms with Gasteiger partial charge in [-0.15, -0.1) is 0 Å². The first kappa shape index (κ1) is 19.5. The van der Waals surface area contributed by atoms with Gasteiger partial charge in [0.25, 0.3) is 0 Å². The highest BCUT2D eigenvalue weighted by Gasteiger charge is 2.36. The Morgan fingerprint density at radius 2 is 1.64 bits per heavy atom. The molecule has 0 saturated heterocycles. The van der Waals surface area contributed by atoms with Crippen molar-refractivity contribution in [1.82, 2.24) is 9.97 Å². The number of aryl methyl sites for hydroxylation is 1. The third-order valence-electron chi connectivity index (χ3n) is 4.16. The number of rotatable bonds is 5. The fourth-order valence-electron chi connectivity index (χ4n) is 2.58. The Hall–Kier alpha value is -3.29. The van der Waals surface area contributed by atoms with Crippen molar-refractivity contribution in [2.24, 2.45) is 0 Å². The van der Waals surface area contributed by atoms with Crippen LogP contribution in [0.2, 0.25) is 0 Å². The van der Waals surface area contributed by atoms with Crippen molar-refractivity contribution in [2.45, 2.75) is 13.1 Å². The Morgan fingerprint density at radius 1 is 1.00 bits per heavy atom. The summed E-state index contributed by atoms with van der Waals surface area (Å²) in [4.78, 5) is 9.33. The van der Waals surface area contributed by atoms with Gasteiger partial charge in [-0.2, -0.15) is 18.2 Å². The second kappa shape index (κ2) is 7.75. The maximum atomic E-state index is 13.5. The number of ether oxygens (including phenoxy) is 1. The molecule has 146 valence electrons. The van der Waals surface area contributed by atoms with Crippen LogP contribution in [0.5, 0.6) is 5.75 Å². The summed E-state index contributed by atoms with van der Waals surface area (Å²) in [5.74, 6) is 0.437. The number of alkyl halides is 3. The molecule has 0 atom stereocenters. The number of hydrogen-bond acceptors (Lipinski definition) is 5. The normalized spacial score (nSPS) is 11.2. The summed E-state index contributed by atoms with van der Waals surface area (Å²) in [5.41, 5.74) is 1.37. The van der Waals surface area contributed by atoms with Crippen molar-refractivity contribution in [3.8, 4) is 5.75 Å². The van der Waals surface area contributed by atoms with Crippen molar-refractivity contribution < 1.29 is 17.9 Å². The lowest BCUT2D eigenvalue weighted by atomic mass is 10.2. The van der Waals surface area contributed by atoms with E-state index in [1.165, 1.54) is 19.1 Å². The third kappa shape index (κ3) is 4.33. The van der Waals surface area contributed by atoms with Crippen molar-refractivity contribution in [3.05, 3.63) is 65.9 Å². The average molecular weight is 388 g/mol. The molecule has 3 rings (SSSR count). The van der Waals surface area contributed by atoms with E-state index in [1.807, 2.05) is 31.2 Å². The predicted octanol–water partition coefficient (Wildman–Crippen LogP) is 5.32. The van der Waals surface area contributed by atoms with E-state index in [4.69, 9.17) is 4.74 Å². The molecule has 0 aliphatic carbocycles.